The van der Waals surface area contributed by atoms with E-state index >= 15 is 0 Å². The zero-order chi connectivity index (χ0) is 14.7. The van der Waals surface area contributed by atoms with Crippen LogP contribution in [0.25, 0.3) is 0 Å². The Bertz CT molecular complexity index is 590. The highest BCUT2D eigenvalue weighted by Gasteiger charge is 2.24. The fourth-order valence-electron chi connectivity index (χ4n) is 2.57. The molecular weight excluding hydrogens is 252 g/mol. The maximum absolute atomic E-state index is 5.80. The second-order valence-corrected chi connectivity index (χ2v) is 4.82. The summed E-state index contributed by atoms with van der Waals surface area (Å²) in [5.74, 6) is 8.45. The van der Waals surface area contributed by atoms with Crippen LogP contribution in [0.1, 0.15) is 41.2 Å². The normalized spacial score (nSPS) is 12.4. The van der Waals surface area contributed by atoms with E-state index in [4.69, 9.17) is 15.0 Å². The van der Waals surface area contributed by atoms with Crippen molar-refractivity contribution in [2.24, 2.45) is 5.84 Å². The van der Waals surface area contributed by atoms with E-state index in [0.717, 1.165) is 34.0 Å². The molecule has 0 bridgehead atoms. The molecule has 0 amide bonds. The van der Waals surface area contributed by atoms with Crippen LogP contribution in [0.3, 0.4) is 0 Å². The highest BCUT2D eigenvalue weighted by atomic mass is 16.5. The standard InChI is InChI=1S/C16H22N2O2/c1-5-19-14-9-7-6-8-13(14)16(18-17)15-10(2)11(3)20-12(15)4/h6-9,16,18H,5,17H2,1-4H3. The molecule has 1 aromatic heterocycles. The molecule has 2 aromatic rings. The third-order valence-corrected chi connectivity index (χ3v) is 3.60. The lowest BCUT2D eigenvalue weighted by Gasteiger charge is -2.20. The average molecular weight is 274 g/mol. The molecule has 0 saturated heterocycles. The summed E-state index contributed by atoms with van der Waals surface area (Å²) in [6.45, 7) is 8.57. The Labute approximate surface area is 119 Å². The van der Waals surface area contributed by atoms with Gasteiger partial charge in [0, 0.05) is 11.1 Å². The first-order valence-corrected chi connectivity index (χ1v) is 6.84. The fraction of sp³-hybridized carbons (Fsp3) is 0.375. The molecule has 0 aliphatic carbocycles. The summed E-state index contributed by atoms with van der Waals surface area (Å²) in [7, 11) is 0. The third-order valence-electron chi connectivity index (χ3n) is 3.60. The van der Waals surface area contributed by atoms with Crippen molar-refractivity contribution in [3.8, 4) is 5.75 Å². The van der Waals surface area contributed by atoms with Gasteiger partial charge in [-0.3, -0.25) is 5.84 Å². The summed E-state index contributed by atoms with van der Waals surface area (Å²) in [6.07, 6.45) is 0. The Balaban J connectivity index is 2.52. The molecule has 0 spiro atoms. The van der Waals surface area contributed by atoms with Gasteiger partial charge in [-0.05, 0) is 39.3 Å². The zero-order valence-electron chi connectivity index (χ0n) is 12.5. The van der Waals surface area contributed by atoms with E-state index in [0.29, 0.717) is 6.61 Å². The smallest absolute Gasteiger partial charge is 0.124 e. The largest absolute Gasteiger partial charge is 0.494 e. The van der Waals surface area contributed by atoms with Crippen LogP contribution in [-0.2, 0) is 0 Å². The van der Waals surface area contributed by atoms with Crippen molar-refractivity contribution in [1.29, 1.82) is 0 Å². The van der Waals surface area contributed by atoms with Crippen molar-refractivity contribution in [1.82, 2.24) is 5.43 Å². The Hall–Kier alpha value is -1.78. The van der Waals surface area contributed by atoms with Gasteiger partial charge < -0.3 is 9.15 Å². The average Bonchev–Trinajstić information content (AvgIpc) is 2.68. The number of hydrogen-bond donors (Lipinski definition) is 2. The molecule has 1 unspecified atom stereocenters. The molecule has 3 N–H and O–H groups in total. The molecule has 4 nitrogen and oxygen atoms in total. The minimum Gasteiger partial charge on any atom is -0.494 e. The van der Waals surface area contributed by atoms with Crippen LogP contribution in [0.4, 0.5) is 0 Å². The fourth-order valence-corrected chi connectivity index (χ4v) is 2.57. The maximum Gasteiger partial charge on any atom is 0.124 e. The lowest BCUT2D eigenvalue weighted by atomic mass is 9.95. The molecule has 0 aliphatic heterocycles. The number of furan rings is 1. The predicted octanol–water partition coefficient (Wildman–Crippen LogP) is 3.16. The van der Waals surface area contributed by atoms with Crippen molar-refractivity contribution in [3.05, 3.63) is 52.5 Å². The van der Waals surface area contributed by atoms with Gasteiger partial charge in [0.15, 0.2) is 0 Å². The highest BCUT2D eigenvalue weighted by Crippen LogP contribution is 2.35. The highest BCUT2D eigenvalue weighted by molar-refractivity contribution is 5.45. The van der Waals surface area contributed by atoms with Gasteiger partial charge >= 0.3 is 0 Å². The molecule has 0 radical (unpaired) electrons. The van der Waals surface area contributed by atoms with Gasteiger partial charge in [-0.2, -0.15) is 0 Å². The lowest BCUT2D eigenvalue weighted by molar-refractivity contribution is 0.333. The summed E-state index contributed by atoms with van der Waals surface area (Å²) in [4.78, 5) is 0. The molecule has 2 rings (SSSR count). The van der Waals surface area contributed by atoms with Crippen molar-refractivity contribution in [2.75, 3.05) is 6.61 Å². The first kappa shape index (κ1) is 14.6. The quantitative estimate of drug-likeness (QED) is 0.649. The Morgan fingerprint density at radius 2 is 1.90 bits per heavy atom. The van der Waals surface area contributed by atoms with E-state index in [-0.39, 0.29) is 6.04 Å². The number of hydrazine groups is 1. The monoisotopic (exact) mass is 274 g/mol. The van der Waals surface area contributed by atoms with E-state index in [1.54, 1.807) is 0 Å². The first-order chi connectivity index (χ1) is 9.60. The second kappa shape index (κ2) is 6.11. The number of nitrogens with one attached hydrogen (secondary N) is 1. The van der Waals surface area contributed by atoms with Crippen molar-refractivity contribution >= 4 is 0 Å². The zero-order valence-corrected chi connectivity index (χ0v) is 12.5. The lowest BCUT2D eigenvalue weighted by Crippen LogP contribution is -2.30. The molecule has 4 heteroatoms. The van der Waals surface area contributed by atoms with Gasteiger partial charge in [0.25, 0.3) is 0 Å². The SMILES string of the molecule is CCOc1ccccc1C(NN)c1c(C)oc(C)c1C. The maximum atomic E-state index is 5.80. The summed E-state index contributed by atoms with van der Waals surface area (Å²) >= 11 is 0. The number of para-hydroxylation sites is 1. The first-order valence-electron chi connectivity index (χ1n) is 6.84. The number of rotatable bonds is 5. The topological polar surface area (TPSA) is 60.4 Å². The number of hydrogen-bond acceptors (Lipinski definition) is 4. The summed E-state index contributed by atoms with van der Waals surface area (Å²) in [5.41, 5.74) is 6.11. The van der Waals surface area contributed by atoms with Gasteiger partial charge in [-0.25, -0.2) is 5.43 Å². The van der Waals surface area contributed by atoms with Crippen molar-refractivity contribution in [3.63, 3.8) is 0 Å². The molecule has 1 aromatic carbocycles. The Morgan fingerprint density at radius 1 is 1.20 bits per heavy atom. The van der Waals surface area contributed by atoms with Crippen LogP contribution < -0.4 is 16.0 Å². The van der Waals surface area contributed by atoms with Gasteiger partial charge in [0.1, 0.15) is 17.3 Å². The van der Waals surface area contributed by atoms with Crippen molar-refractivity contribution < 1.29 is 9.15 Å². The van der Waals surface area contributed by atoms with E-state index in [1.807, 2.05) is 45.0 Å². The molecule has 0 saturated carbocycles. The summed E-state index contributed by atoms with van der Waals surface area (Å²) in [6, 6.07) is 7.79. The number of aryl methyl sites for hydroxylation is 2. The van der Waals surface area contributed by atoms with Crippen LogP contribution in [0.5, 0.6) is 5.75 Å². The van der Waals surface area contributed by atoms with E-state index in [2.05, 4.69) is 12.3 Å². The molecular formula is C16H22N2O2. The van der Waals surface area contributed by atoms with Crippen LogP contribution in [0, 0.1) is 20.8 Å². The minimum atomic E-state index is -0.143. The van der Waals surface area contributed by atoms with E-state index < -0.39 is 0 Å². The van der Waals surface area contributed by atoms with E-state index in [9.17, 15) is 0 Å². The Kier molecular flexibility index (Phi) is 4.47. The molecule has 20 heavy (non-hydrogen) atoms. The number of benzene rings is 1. The van der Waals surface area contributed by atoms with Crippen LogP contribution in [0.15, 0.2) is 28.7 Å². The minimum absolute atomic E-state index is 0.143. The summed E-state index contributed by atoms with van der Waals surface area (Å²) < 4.78 is 11.4. The van der Waals surface area contributed by atoms with Gasteiger partial charge in [-0.1, -0.05) is 18.2 Å². The van der Waals surface area contributed by atoms with E-state index in [1.165, 1.54) is 0 Å². The van der Waals surface area contributed by atoms with Crippen molar-refractivity contribution in [2.45, 2.75) is 33.7 Å². The molecule has 108 valence electrons. The molecule has 0 fully saturated rings. The van der Waals surface area contributed by atoms with Crippen LogP contribution >= 0.6 is 0 Å². The summed E-state index contributed by atoms with van der Waals surface area (Å²) in [5, 5.41) is 0. The second-order valence-electron chi connectivity index (χ2n) is 4.82. The third kappa shape index (κ3) is 2.57. The molecule has 1 atom stereocenters. The predicted molar refractivity (Wildman–Crippen MR) is 79.7 cm³/mol. The van der Waals surface area contributed by atoms with Gasteiger partial charge in [-0.15, -0.1) is 0 Å². The number of ether oxygens (including phenoxy) is 1. The Morgan fingerprint density at radius 3 is 2.45 bits per heavy atom. The van der Waals surface area contributed by atoms with Gasteiger partial charge in [0.2, 0.25) is 0 Å². The molecule has 1 heterocycles. The van der Waals surface area contributed by atoms with Gasteiger partial charge in [0.05, 0.1) is 12.6 Å². The van der Waals surface area contributed by atoms with Crippen LogP contribution in [-0.4, -0.2) is 6.61 Å². The van der Waals surface area contributed by atoms with Crippen LogP contribution in [0.2, 0.25) is 0 Å². The molecule has 0 aliphatic rings. The number of nitrogens with two attached hydrogens (primary N) is 1.